The topological polar surface area (TPSA) is 49.3 Å². The van der Waals surface area contributed by atoms with Gasteiger partial charge in [-0.15, -0.1) is 0 Å². The van der Waals surface area contributed by atoms with E-state index >= 15 is 0 Å². The maximum Gasteiger partial charge on any atom is 0.252 e. The molecule has 2 aromatic rings. The number of aromatic hydroxyl groups is 1. The van der Waals surface area contributed by atoms with Crippen LogP contribution in [-0.2, 0) is 0 Å². The number of phenolic OH excluding ortho intramolecular Hbond substituents is 1. The summed E-state index contributed by atoms with van der Waals surface area (Å²) in [5.41, 5.74) is 4.26. The summed E-state index contributed by atoms with van der Waals surface area (Å²) in [5.74, 6) is 0.0233. The van der Waals surface area contributed by atoms with Crippen molar-refractivity contribution in [2.45, 2.75) is 13.8 Å². The molecule has 2 rings (SSSR count). The van der Waals surface area contributed by atoms with Gasteiger partial charge in [-0.3, -0.25) is 4.79 Å². The molecule has 0 saturated carbocycles. The average Bonchev–Trinajstić information content (AvgIpc) is 2.38. The van der Waals surface area contributed by atoms with Gasteiger partial charge in [-0.25, -0.2) is 0 Å². The lowest BCUT2D eigenvalue weighted by atomic mass is 9.94. The molecule has 20 heavy (non-hydrogen) atoms. The molecule has 0 fully saturated rings. The minimum atomic E-state index is -0.217. The Morgan fingerprint density at radius 1 is 1.15 bits per heavy atom. The van der Waals surface area contributed by atoms with E-state index in [0.29, 0.717) is 10.6 Å². The zero-order valence-electron chi connectivity index (χ0n) is 11.6. The summed E-state index contributed by atoms with van der Waals surface area (Å²) in [7, 11) is 1.57. The third kappa shape index (κ3) is 2.63. The molecule has 0 aliphatic rings. The van der Waals surface area contributed by atoms with Crippen LogP contribution in [-0.4, -0.2) is 18.1 Å². The number of rotatable bonds is 2. The standard InChI is InChI=1S/C16H16ClNO2/c1-9-6-12(19)7-10(2)15(9)11-4-5-14(17)13(8-11)16(20)18-3/h4-8,19H,1-3H3,(H,18,20). The fraction of sp³-hybridized carbons (Fsp3) is 0.188. The van der Waals surface area contributed by atoms with Crippen molar-refractivity contribution >= 4 is 17.5 Å². The predicted molar refractivity (Wildman–Crippen MR) is 81.4 cm³/mol. The Balaban J connectivity index is 2.63. The molecule has 2 aromatic carbocycles. The number of nitrogens with one attached hydrogen (secondary N) is 1. The lowest BCUT2D eigenvalue weighted by Crippen LogP contribution is -2.18. The van der Waals surface area contributed by atoms with Crippen LogP contribution in [0.2, 0.25) is 5.02 Å². The highest BCUT2D eigenvalue weighted by atomic mass is 35.5. The summed E-state index contributed by atoms with van der Waals surface area (Å²) < 4.78 is 0. The van der Waals surface area contributed by atoms with Gasteiger partial charge in [0.2, 0.25) is 0 Å². The van der Waals surface area contributed by atoms with E-state index in [-0.39, 0.29) is 11.7 Å². The first kappa shape index (κ1) is 14.4. The molecule has 0 saturated heterocycles. The van der Waals surface area contributed by atoms with E-state index in [4.69, 9.17) is 11.6 Å². The van der Waals surface area contributed by atoms with Crippen LogP contribution in [0.3, 0.4) is 0 Å². The minimum absolute atomic E-state index is 0.217. The number of hydrogen-bond donors (Lipinski definition) is 2. The van der Waals surface area contributed by atoms with Crippen molar-refractivity contribution in [3.63, 3.8) is 0 Å². The quantitative estimate of drug-likeness (QED) is 0.886. The van der Waals surface area contributed by atoms with Gasteiger partial charge in [-0.1, -0.05) is 17.7 Å². The van der Waals surface area contributed by atoms with E-state index in [2.05, 4.69) is 5.32 Å². The van der Waals surface area contributed by atoms with Crippen molar-refractivity contribution in [1.29, 1.82) is 0 Å². The second-order valence-corrected chi connectivity index (χ2v) is 5.14. The van der Waals surface area contributed by atoms with Gasteiger partial charge in [-0.05, 0) is 60.4 Å². The summed E-state index contributed by atoms with van der Waals surface area (Å²) >= 11 is 6.06. The highest BCUT2D eigenvalue weighted by Crippen LogP contribution is 2.32. The van der Waals surface area contributed by atoms with E-state index in [9.17, 15) is 9.90 Å². The lowest BCUT2D eigenvalue weighted by Gasteiger charge is -2.13. The normalized spacial score (nSPS) is 10.4. The minimum Gasteiger partial charge on any atom is -0.508 e. The molecule has 0 atom stereocenters. The summed E-state index contributed by atoms with van der Waals surface area (Å²) in [4.78, 5) is 11.8. The second-order valence-electron chi connectivity index (χ2n) is 4.73. The Morgan fingerprint density at radius 3 is 2.30 bits per heavy atom. The van der Waals surface area contributed by atoms with Crippen LogP contribution in [0.25, 0.3) is 11.1 Å². The molecule has 0 unspecified atom stereocenters. The van der Waals surface area contributed by atoms with Gasteiger partial charge in [0.1, 0.15) is 5.75 Å². The van der Waals surface area contributed by atoms with Crippen LogP contribution in [0.15, 0.2) is 30.3 Å². The van der Waals surface area contributed by atoms with Crippen molar-refractivity contribution in [3.8, 4) is 16.9 Å². The molecular weight excluding hydrogens is 274 g/mol. The summed E-state index contributed by atoms with van der Waals surface area (Å²) in [5, 5.41) is 12.6. The molecule has 3 nitrogen and oxygen atoms in total. The van der Waals surface area contributed by atoms with E-state index in [1.807, 2.05) is 19.9 Å². The number of halogens is 1. The van der Waals surface area contributed by atoms with E-state index in [1.165, 1.54) is 0 Å². The lowest BCUT2D eigenvalue weighted by molar-refractivity contribution is 0.0963. The first-order valence-corrected chi connectivity index (χ1v) is 6.64. The van der Waals surface area contributed by atoms with Gasteiger partial charge < -0.3 is 10.4 Å². The summed E-state index contributed by atoms with van der Waals surface area (Å²) in [6.45, 7) is 3.85. The van der Waals surface area contributed by atoms with E-state index < -0.39 is 0 Å². The van der Waals surface area contributed by atoms with Crippen molar-refractivity contribution in [1.82, 2.24) is 5.32 Å². The fourth-order valence-corrected chi connectivity index (χ4v) is 2.59. The molecule has 104 valence electrons. The van der Waals surface area contributed by atoms with Crippen LogP contribution in [0, 0.1) is 13.8 Å². The first-order valence-electron chi connectivity index (χ1n) is 6.26. The number of carbonyl (C=O) groups is 1. The van der Waals surface area contributed by atoms with Crippen LogP contribution in [0.4, 0.5) is 0 Å². The van der Waals surface area contributed by atoms with Crippen LogP contribution < -0.4 is 5.32 Å². The molecule has 2 N–H and O–H groups in total. The number of amides is 1. The highest BCUT2D eigenvalue weighted by molar-refractivity contribution is 6.34. The van der Waals surface area contributed by atoms with Gasteiger partial charge in [0.05, 0.1) is 10.6 Å². The first-order chi connectivity index (χ1) is 9.43. The van der Waals surface area contributed by atoms with Crippen LogP contribution >= 0.6 is 11.6 Å². The monoisotopic (exact) mass is 289 g/mol. The van der Waals surface area contributed by atoms with Gasteiger partial charge in [-0.2, -0.15) is 0 Å². The van der Waals surface area contributed by atoms with Crippen LogP contribution in [0.5, 0.6) is 5.75 Å². The molecular formula is C16H16ClNO2. The Hall–Kier alpha value is -2.00. The van der Waals surface area contributed by atoms with Crippen molar-refractivity contribution in [2.75, 3.05) is 7.05 Å². The number of hydrogen-bond acceptors (Lipinski definition) is 2. The molecule has 0 aliphatic carbocycles. The summed E-state index contributed by atoms with van der Waals surface area (Å²) in [6.07, 6.45) is 0. The Bertz CT molecular complexity index is 657. The number of carbonyl (C=O) groups excluding carboxylic acids is 1. The average molecular weight is 290 g/mol. The molecule has 0 aliphatic heterocycles. The molecule has 0 bridgehead atoms. The molecule has 4 heteroatoms. The number of benzene rings is 2. The molecule has 0 heterocycles. The maximum atomic E-state index is 11.8. The predicted octanol–water partition coefficient (Wildman–Crippen LogP) is 3.69. The largest absolute Gasteiger partial charge is 0.508 e. The van der Waals surface area contributed by atoms with Crippen molar-refractivity contribution < 1.29 is 9.90 Å². The summed E-state index contributed by atoms with van der Waals surface area (Å²) in [6, 6.07) is 8.77. The third-order valence-corrected chi connectivity index (χ3v) is 3.57. The Morgan fingerprint density at radius 2 is 1.75 bits per heavy atom. The highest BCUT2D eigenvalue weighted by Gasteiger charge is 2.13. The Kier molecular flexibility index (Phi) is 4.00. The second kappa shape index (κ2) is 5.55. The van der Waals surface area contributed by atoms with E-state index in [0.717, 1.165) is 22.3 Å². The Labute approximate surface area is 123 Å². The van der Waals surface area contributed by atoms with Gasteiger partial charge in [0.25, 0.3) is 5.91 Å². The van der Waals surface area contributed by atoms with Gasteiger partial charge in [0, 0.05) is 7.05 Å². The number of aryl methyl sites for hydroxylation is 2. The molecule has 0 radical (unpaired) electrons. The van der Waals surface area contributed by atoms with Gasteiger partial charge >= 0.3 is 0 Å². The van der Waals surface area contributed by atoms with E-state index in [1.54, 1.807) is 31.3 Å². The SMILES string of the molecule is CNC(=O)c1cc(-c2c(C)cc(O)cc2C)ccc1Cl. The maximum absolute atomic E-state index is 11.8. The molecule has 0 spiro atoms. The number of phenols is 1. The zero-order valence-corrected chi connectivity index (χ0v) is 12.4. The molecule has 0 aromatic heterocycles. The van der Waals surface area contributed by atoms with Crippen molar-refractivity contribution in [3.05, 3.63) is 52.0 Å². The van der Waals surface area contributed by atoms with Crippen molar-refractivity contribution in [2.24, 2.45) is 0 Å². The third-order valence-electron chi connectivity index (χ3n) is 3.24. The zero-order chi connectivity index (χ0) is 14.9. The van der Waals surface area contributed by atoms with Crippen LogP contribution in [0.1, 0.15) is 21.5 Å². The molecule has 1 amide bonds. The fourth-order valence-electron chi connectivity index (χ4n) is 2.39. The van der Waals surface area contributed by atoms with Gasteiger partial charge in [0.15, 0.2) is 0 Å². The smallest absolute Gasteiger partial charge is 0.252 e.